The molecule has 3 aromatic rings. The highest BCUT2D eigenvalue weighted by Crippen LogP contribution is 2.16. The molecule has 9 heteroatoms. The zero-order chi connectivity index (χ0) is 19.4. The summed E-state index contributed by atoms with van der Waals surface area (Å²) in [5, 5.41) is 3.10. The predicted octanol–water partition coefficient (Wildman–Crippen LogP) is 1.98. The van der Waals surface area contributed by atoms with Crippen LogP contribution >= 0.6 is 0 Å². The molecule has 0 aliphatic rings. The number of hydrogen-bond donors (Lipinski definition) is 2. The summed E-state index contributed by atoms with van der Waals surface area (Å²) in [7, 11) is -3.55. The molecule has 0 saturated carbocycles. The summed E-state index contributed by atoms with van der Waals surface area (Å²) in [4.78, 5) is 12.9. The van der Waals surface area contributed by atoms with Gasteiger partial charge in [-0.25, -0.2) is 28.1 Å². The lowest BCUT2D eigenvalue weighted by Crippen LogP contribution is -2.29. The molecular formula is C18H22N6O2S. The molecular weight excluding hydrogens is 364 g/mol. The molecule has 0 aliphatic carbocycles. The molecule has 0 atom stereocenters. The molecule has 1 aromatic carbocycles. The van der Waals surface area contributed by atoms with Gasteiger partial charge in [0.1, 0.15) is 23.8 Å². The van der Waals surface area contributed by atoms with Crippen LogP contribution < -0.4 is 10.0 Å². The average Bonchev–Trinajstić information content (AvgIpc) is 3.07. The summed E-state index contributed by atoms with van der Waals surface area (Å²) in [6.07, 6.45) is 4.98. The first kappa shape index (κ1) is 19.0. The Morgan fingerprint density at radius 1 is 1.04 bits per heavy atom. The van der Waals surface area contributed by atoms with Gasteiger partial charge in [-0.3, -0.25) is 4.57 Å². The number of anilines is 1. The molecule has 142 valence electrons. The van der Waals surface area contributed by atoms with Crippen LogP contribution in [0, 0.1) is 20.8 Å². The first-order valence-electron chi connectivity index (χ1n) is 8.50. The topological polar surface area (TPSA) is 102 Å². The normalized spacial score (nSPS) is 11.5. The highest BCUT2D eigenvalue weighted by atomic mass is 32.2. The Morgan fingerprint density at radius 3 is 2.59 bits per heavy atom. The molecule has 0 aliphatic heterocycles. The van der Waals surface area contributed by atoms with E-state index < -0.39 is 10.0 Å². The lowest BCUT2D eigenvalue weighted by Gasteiger charge is -2.11. The van der Waals surface area contributed by atoms with Crippen LogP contribution in [0.25, 0.3) is 5.82 Å². The number of hydrogen-bond acceptors (Lipinski definition) is 6. The minimum absolute atomic E-state index is 0.235. The summed E-state index contributed by atoms with van der Waals surface area (Å²) in [6.45, 7) is 6.17. The molecule has 0 saturated heterocycles. The van der Waals surface area contributed by atoms with E-state index >= 15 is 0 Å². The molecule has 8 nitrogen and oxygen atoms in total. The largest absolute Gasteiger partial charge is 0.369 e. The van der Waals surface area contributed by atoms with Crippen molar-refractivity contribution in [3.63, 3.8) is 0 Å². The summed E-state index contributed by atoms with van der Waals surface area (Å²) < 4.78 is 29.4. The van der Waals surface area contributed by atoms with Crippen molar-refractivity contribution in [1.82, 2.24) is 24.2 Å². The summed E-state index contributed by atoms with van der Waals surface area (Å²) in [5.41, 5.74) is 1.62. The van der Waals surface area contributed by atoms with Gasteiger partial charge in [-0.1, -0.05) is 12.1 Å². The van der Waals surface area contributed by atoms with Crippen molar-refractivity contribution in [3.8, 4) is 5.82 Å². The number of nitrogens with one attached hydrogen (secondary N) is 2. The van der Waals surface area contributed by atoms with Crippen LogP contribution in [-0.2, 0) is 10.0 Å². The Hall–Kier alpha value is -2.78. The van der Waals surface area contributed by atoms with Crippen LogP contribution in [0.4, 0.5) is 5.82 Å². The molecule has 0 bridgehead atoms. The van der Waals surface area contributed by atoms with Gasteiger partial charge in [-0.05, 0) is 38.0 Å². The zero-order valence-corrected chi connectivity index (χ0v) is 16.3. The molecule has 0 unspecified atom stereocenters. The molecule has 2 N–H and O–H groups in total. The van der Waals surface area contributed by atoms with Crippen molar-refractivity contribution in [2.24, 2.45) is 0 Å². The average molecular weight is 386 g/mol. The van der Waals surface area contributed by atoms with Crippen LogP contribution in [-0.4, -0.2) is 41.0 Å². The minimum atomic E-state index is -3.55. The number of sulfonamides is 1. The molecule has 2 heterocycles. The molecule has 0 fully saturated rings. The number of nitrogens with zero attached hydrogens (tertiary/aromatic N) is 4. The Balaban J connectivity index is 1.61. The van der Waals surface area contributed by atoms with Crippen LogP contribution in [0.5, 0.6) is 0 Å². The van der Waals surface area contributed by atoms with E-state index in [1.807, 2.05) is 36.7 Å². The fourth-order valence-corrected chi connectivity index (χ4v) is 4.01. The molecule has 2 aromatic heterocycles. The van der Waals surface area contributed by atoms with Gasteiger partial charge in [0.05, 0.1) is 4.90 Å². The number of benzene rings is 1. The van der Waals surface area contributed by atoms with E-state index in [4.69, 9.17) is 0 Å². The van der Waals surface area contributed by atoms with Crippen LogP contribution in [0.2, 0.25) is 0 Å². The second kappa shape index (κ2) is 7.85. The van der Waals surface area contributed by atoms with Crippen molar-refractivity contribution in [2.45, 2.75) is 25.7 Å². The van der Waals surface area contributed by atoms with Crippen molar-refractivity contribution < 1.29 is 8.42 Å². The van der Waals surface area contributed by atoms with Gasteiger partial charge in [0.25, 0.3) is 0 Å². The van der Waals surface area contributed by atoms with E-state index in [0.717, 1.165) is 17.0 Å². The maximum atomic E-state index is 12.5. The highest BCUT2D eigenvalue weighted by molar-refractivity contribution is 7.89. The van der Waals surface area contributed by atoms with Crippen molar-refractivity contribution in [3.05, 3.63) is 59.9 Å². The van der Waals surface area contributed by atoms with Crippen LogP contribution in [0.15, 0.2) is 47.9 Å². The first-order valence-corrected chi connectivity index (χ1v) is 9.98. The third-order valence-electron chi connectivity index (χ3n) is 4.08. The minimum Gasteiger partial charge on any atom is -0.369 e. The molecule has 27 heavy (non-hydrogen) atoms. The standard InChI is InChI=1S/C18H22N6O2S/c1-13-4-5-14(2)16(10-13)27(25,26)23-7-6-20-17-11-18(22-12-21-17)24-9-8-19-15(24)3/h4-5,8-12,23H,6-7H2,1-3H3,(H,20,21,22). The van der Waals surface area contributed by atoms with Gasteiger partial charge in [0, 0.05) is 31.5 Å². The van der Waals surface area contributed by atoms with Gasteiger partial charge in [0.2, 0.25) is 10.0 Å². The van der Waals surface area contributed by atoms with Gasteiger partial charge in [-0.15, -0.1) is 0 Å². The lowest BCUT2D eigenvalue weighted by molar-refractivity contribution is 0.582. The van der Waals surface area contributed by atoms with Gasteiger partial charge in [-0.2, -0.15) is 0 Å². The summed E-state index contributed by atoms with van der Waals surface area (Å²) in [6, 6.07) is 7.16. The number of rotatable bonds is 7. The van der Waals surface area contributed by atoms with Crippen molar-refractivity contribution in [1.29, 1.82) is 0 Å². The Bertz CT molecular complexity index is 1050. The van der Waals surface area contributed by atoms with Gasteiger partial charge in [0.15, 0.2) is 0 Å². The number of aromatic nitrogens is 4. The van der Waals surface area contributed by atoms with E-state index in [2.05, 4.69) is 25.0 Å². The van der Waals surface area contributed by atoms with Gasteiger partial charge >= 0.3 is 0 Å². The Kier molecular flexibility index (Phi) is 5.52. The van der Waals surface area contributed by atoms with E-state index in [9.17, 15) is 8.42 Å². The Labute approximate surface area is 158 Å². The van der Waals surface area contributed by atoms with Crippen LogP contribution in [0.3, 0.4) is 0 Å². The van der Waals surface area contributed by atoms with Gasteiger partial charge < -0.3 is 5.32 Å². The molecule has 3 rings (SSSR count). The van der Waals surface area contributed by atoms with E-state index in [-0.39, 0.29) is 6.54 Å². The van der Waals surface area contributed by atoms with E-state index in [1.54, 1.807) is 25.3 Å². The molecule has 0 amide bonds. The lowest BCUT2D eigenvalue weighted by atomic mass is 10.2. The fourth-order valence-electron chi connectivity index (χ4n) is 2.65. The molecule has 0 spiro atoms. The predicted molar refractivity (Wildman–Crippen MR) is 103 cm³/mol. The van der Waals surface area contributed by atoms with E-state index in [0.29, 0.717) is 23.1 Å². The number of imidazole rings is 1. The fraction of sp³-hybridized carbons (Fsp3) is 0.278. The smallest absolute Gasteiger partial charge is 0.240 e. The van der Waals surface area contributed by atoms with Crippen LogP contribution in [0.1, 0.15) is 17.0 Å². The number of aryl methyl sites for hydroxylation is 3. The van der Waals surface area contributed by atoms with E-state index in [1.165, 1.54) is 6.33 Å². The van der Waals surface area contributed by atoms with Crippen molar-refractivity contribution >= 4 is 15.8 Å². The quantitative estimate of drug-likeness (QED) is 0.602. The monoisotopic (exact) mass is 386 g/mol. The summed E-state index contributed by atoms with van der Waals surface area (Å²) in [5.74, 6) is 2.12. The zero-order valence-electron chi connectivity index (χ0n) is 15.5. The molecule has 0 radical (unpaired) electrons. The maximum absolute atomic E-state index is 12.5. The Morgan fingerprint density at radius 2 is 1.85 bits per heavy atom. The third-order valence-corrected chi connectivity index (χ3v) is 5.68. The SMILES string of the molecule is Cc1ccc(C)c(S(=O)(=O)NCCNc2cc(-n3ccnc3C)ncn2)c1. The first-order chi connectivity index (χ1) is 12.9. The second-order valence-corrected chi connectivity index (χ2v) is 7.93. The second-order valence-electron chi connectivity index (χ2n) is 6.20. The van der Waals surface area contributed by atoms with Crippen molar-refractivity contribution in [2.75, 3.05) is 18.4 Å². The highest BCUT2D eigenvalue weighted by Gasteiger charge is 2.16. The summed E-state index contributed by atoms with van der Waals surface area (Å²) >= 11 is 0. The third kappa shape index (κ3) is 4.50. The maximum Gasteiger partial charge on any atom is 0.240 e.